The second kappa shape index (κ2) is 6.79. The van der Waals surface area contributed by atoms with Gasteiger partial charge in [0.1, 0.15) is 0 Å². The molecule has 4 nitrogen and oxygen atoms in total. The molecule has 0 aliphatic carbocycles. The average Bonchev–Trinajstić information content (AvgIpc) is 2.36. The van der Waals surface area contributed by atoms with Crippen molar-refractivity contribution in [3.05, 3.63) is 29.8 Å². The summed E-state index contributed by atoms with van der Waals surface area (Å²) in [4.78, 5) is 0. The summed E-state index contributed by atoms with van der Waals surface area (Å²) >= 11 is 0. The van der Waals surface area contributed by atoms with Gasteiger partial charge in [0.15, 0.2) is 0 Å². The smallest absolute Gasteiger partial charge is 0.235 e. The van der Waals surface area contributed by atoms with E-state index in [0.717, 1.165) is 5.56 Å². The third kappa shape index (κ3) is 5.32. The molecule has 5 heteroatoms. The third-order valence-electron chi connectivity index (χ3n) is 3.31. The SMILES string of the molecule is CC(C)N(c1ccc(CN)cc1)S(=O)(=O)CCC(C)(C)C. The lowest BCUT2D eigenvalue weighted by Gasteiger charge is -2.30. The van der Waals surface area contributed by atoms with Crippen molar-refractivity contribution in [1.29, 1.82) is 0 Å². The lowest BCUT2D eigenvalue weighted by atomic mass is 9.94. The van der Waals surface area contributed by atoms with Crippen LogP contribution in [0.4, 0.5) is 5.69 Å². The lowest BCUT2D eigenvalue weighted by molar-refractivity contribution is 0.396. The van der Waals surface area contributed by atoms with E-state index in [2.05, 4.69) is 20.8 Å². The van der Waals surface area contributed by atoms with Gasteiger partial charge in [-0.2, -0.15) is 0 Å². The van der Waals surface area contributed by atoms with Crippen LogP contribution >= 0.6 is 0 Å². The first kappa shape index (κ1) is 18.0. The molecule has 2 N–H and O–H groups in total. The molecule has 0 amide bonds. The van der Waals surface area contributed by atoms with Crippen LogP contribution in [0, 0.1) is 5.41 Å². The Labute approximate surface area is 129 Å². The number of rotatable bonds is 6. The standard InChI is InChI=1S/C16H28N2O2S/c1-13(2)18(15-8-6-14(12-17)7-9-15)21(19,20)11-10-16(3,4)5/h6-9,13H,10-12,17H2,1-5H3. The van der Waals surface area contributed by atoms with Crippen LogP contribution in [-0.4, -0.2) is 20.2 Å². The highest BCUT2D eigenvalue weighted by molar-refractivity contribution is 7.92. The molecule has 0 fully saturated rings. The van der Waals surface area contributed by atoms with Gasteiger partial charge in [-0.15, -0.1) is 0 Å². The zero-order valence-electron chi connectivity index (χ0n) is 13.8. The maximum atomic E-state index is 12.7. The highest BCUT2D eigenvalue weighted by atomic mass is 32.2. The number of sulfonamides is 1. The Morgan fingerprint density at radius 3 is 2.05 bits per heavy atom. The van der Waals surface area contributed by atoms with Crippen LogP contribution in [0.2, 0.25) is 0 Å². The van der Waals surface area contributed by atoms with Crippen molar-refractivity contribution in [1.82, 2.24) is 0 Å². The maximum absolute atomic E-state index is 12.7. The van der Waals surface area contributed by atoms with E-state index in [1.54, 1.807) is 0 Å². The molecule has 1 aromatic carbocycles. The monoisotopic (exact) mass is 312 g/mol. The lowest BCUT2D eigenvalue weighted by Crippen LogP contribution is -2.39. The predicted octanol–water partition coefficient (Wildman–Crippen LogP) is 3.13. The third-order valence-corrected chi connectivity index (χ3v) is 5.26. The summed E-state index contributed by atoms with van der Waals surface area (Å²) in [5.41, 5.74) is 7.28. The largest absolute Gasteiger partial charge is 0.326 e. The van der Waals surface area contributed by atoms with Crippen molar-refractivity contribution >= 4 is 15.7 Å². The number of nitrogens with two attached hydrogens (primary N) is 1. The van der Waals surface area contributed by atoms with Gasteiger partial charge in [-0.05, 0) is 43.4 Å². The van der Waals surface area contributed by atoms with Crippen LogP contribution in [0.15, 0.2) is 24.3 Å². The Kier molecular flexibility index (Phi) is 5.82. The summed E-state index contributed by atoms with van der Waals surface area (Å²) in [5.74, 6) is 0.160. The molecular weight excluding hydrogens is 284 g/mol. The second-order valence-corrected chi connectivity index (χ2v) is 8.85. The fourth-order valence-electron chi connectivity index (χ4n) is 2.09. The van der Waals surface area contributed by atoms with E-state index in [0.29, 0.717) is 18.7 Å². The number of hydrogen-bond donors (Lipinski definition) is 1. The highest BCUT2D eigenvalue weighted by Crippen LogP contribution is 2.25. The first-order valence-electron chi connectivity index (χ1n) is 7.38. The van der Waals surface area contributed by atoms with E-state index in [1.165, 1.54) is 4.31 Å². The Hall–Kier alpha value is -1.07. The normalized spacial score (nSPS) is 12.7. The predicted molar refractivity (Wildman–Crippen MR) is 89.8 cm³/mol. The minimum atomic E-state index is -3.33. The zero-order valence-corrected chi connectivity index (χ0v) is 14.6. The molecule has 0 unspecified atom stereocenters. The summed E-state index contributed by atoms with van der Waals surface area (Å²) in [6.45, 7) is 10.4. The van der Waals surface area contributed by atoms with Gasteiger partial charge < -0.3 is 5.73 Å². The van der Waals surface area contributed by atoms with Crippen molar-refractivity contribution in [2.45, 2.75) is 53.6 Å². The minimum absolute atomic E-state index is 0.000867. The van der Waals surface area contributed by atoms with E-state index < -0.39 is 10.0 Å². The van der Waals surface area contributed by atoms with E-state index in [1.807, 2.05) is 38.1 Å². The van der Waals surface area contributed by atoms with Crippen molar-refractivity contribution in [2.24, 2.45) is 11.1 Å². The molecule has 21 heavy (non-hydrogen) atoms. The summed E-state index contributed by atoms with van der Waals surface area (Å²) in [6.07, 6.45) is 0.638. The molecular formula is C16H28N2O2S. The average molecular weight is 312 g/mol. The molecule has 0 saturated heterocycles. The Morgan fingerprint density at radius 2 is 1.67 bits per heavy atom. The molecule has 0 aliphatic heterocycles. The minimum Gasteiger partial charge on any atom is -0.326 e. The van der Waals surface area contributed by atoms with Crippen molar-refractivity contribution in [3.8, 4) is 0 Å². The molecule has 0 bridgehead atoms. The van der Waals surface area contributed by atoms with Crippen LogP contribution in [0.1, 0.15) is 46.6 Å². The summed E-state index contributed by atoms with van der Waals surface area (Å²) in [6, 6.07) is 7.31. The molecule has 1 aromatic rings. The van der Waals surface area contributed by atoms with Gasteiger partial charge >= 0.3 is 0 Å². The molecule has 0 heterocycles. The number of hydrogen-bond acceptors (Lipinski definition) is 3. The van der Waals surface area contributed by atoms with Crippen LogP contribution in [0.5, 0.6) is 0 Å². The van der Waals surface area contributed by atoms with E-state index >= 15 is 0 Å². The number of anilines is 1. The van der Waals surface area contributed by atoms with Crippen LogP contribution in [0.3, 0.4) is 0 Å². The van der Waals surface area contributed by atoms with Gasteiger partial charge in [-0.1, -0.05) is 32.9 Å². The molecule has 1 rings (SSSR count). The van der Waals surface area contributed by atoms with Gasteiger partial charge in [0, 0.05) is 12.6 Å². The van der Waals surface area contributed by atoms with E-state index in [9.17, 15) is 8.42 Å². The van der Waals surface area contributed by atoms with Gasteiger partial charge in [-0.3, -0.25) is 4.31 Å². The molecule has 0 spiro atoms. The van der Waals surface area contributed by atoms with E-state index in [-0.39, 0.29) is 17.2 Å². The zero-order chi connectivity index (χ0) is 16.3. The fourth-order valence-corrected chi connectivity index (χ4v) is 4.24. The van der Waals surface area contributed by atoms with Crippen LogP contribution in [-0.2, 0) is 16.6 Å². The Bertz CT molecular complexity index is 543. The number of nitrogens with zero attached hydrogens (tertiary/aromatic N) is 1. The van der Waals surface area contributed by atoms with Crippen molar-refractivity contribution in [3.63, 3.8) is 0 Å². The Balaban J connectivity index is 3.04. The maximum Gasteiger partial charge on any atom is 0.235 e. The van der Waals surface area contributed by atoms with Crippen molar-refractivity contribution < 1.29 is 8.42 Å². The highest BCUT2D eigenvalue weighted by Gasteiger charge is 2.27. The van der Waals surface area contributed by atoms with Crippen LogP contribution < -0.4 is 10.0 Å². The molecule has 0 saturated carbocycles. The van der Waals surface area contributed by atoms with Gasteiger partial charge in [-0.25, -0.2) is 8.42 Å². The number of benzene rings is 1. The second-order valence-electron chi connectivity index (χ2n) is 6.89. The molecule has 0 radical (unpaired) electrons. The topological polar surface area (TPSA) is 63.4 Å². The van der Waals surface area contributed by atoms with Gasteiger partial charge in [0.2, 0.25) is 10.0 Å². The molecule has 0 atom stereocenters. The molecule has 120 valence electrons. The molecule has 0 aliphatic rings. The van der Waals surface area contributed by atoms with Gasteiger partial charge in [0.25, 0.3) is 0 Å². The first-order chi connectivity index (χ1) is 9.57. The summed E-state index contributed by atoms with van der Waals surface area (Å²) in [7, 11) is -3.33. The molecule has 0 aromatic heterocycles. The fraction of sp³-hybridized carbons (Fsp3) is 0.625. The van der Waals surface area contributed by atoms with Crippen molar-refractivity contribution in [2.75, 3.05) is 10.1 Å². The quantitative estimate of drug-likeness (QED) is 0.877. The van der Waals surface area contributed by atoms with Crippen LogP contribution in [0.25, 0.3) is 0 Å². The first-order valence-corrected chi connectivity index (χ1v) is 8.99. The summed E-state index contributed by atoms with van der Waals surface area (Å²) in [5, 5.41) is 0. The van der Waals surface area contributed by atoms with E-state index in [4.69, 9.17) is 5.73 Å². The summed E-state index contributed by atoms with van der Waals surface area (Å²) < 4.78 is 26.9. The Morgan fingerprint density at radius 1 is 1.14 bits per heavy atom. The van der Waals surface area contributed by atoms with Gasteiger partial charge in [0.05, 0.1) is 11.4 Å².